The van der Waals surface area contributed by atoms with Crippen LogP contribution < -0.4 is 5.32 Å². The molecule has 1 saturated heterocycles. The maximum absolute atomic E-state index is 11.3. The molecule has 0 spiro atoms. The van der Waals surface area contributed by atoms with Gasteiger partial charge in [0, 0.05) is 13.1 Å². The number of nitrogens with zero attached hydrogens (tertiary/aromatic N) is 1. The van der Waals surface area contributed by atoms with Crippen LogP contribution in [0, 0.1) is 5.41 Å². The molecule has 0 atom stereocenters. The van der Waals surface area contributed by atoms with E-state index < -0.39 is 0 Å². The van der Waals surface area contributed by atoms with E-state index in [4.69, 9.17) is 5.41 Å². The summed E-state index contributed by atoms with van der Waals surface area (Å²) >= 11 is 1.21. The molecule has 1 rings (SSSR count). The van der Waals surface area contributed by atoms with Crippen LogP contribution in [-0.2, 0) is 14.4 Å². The molecule has 94 valence electrons. The third-order valence-corrected chi connectivity index (χ3v) is 3.05. The number of amidine groups is 1. The Morgan fingerprint density at radius 2 is 2.24 bits per heavy atom. The van der Waals surface area contributed by atoms with Crippen molar-refractivity contribution >= 4 is 34.5 Å². The van der Waals surface area contributed by atoms with E-state index in [9.17, 15) is 14.4 Å². The second-order valence-corrected chi connectivity index (χ2v) is 4.69. The van der Waals surface area contributed by atoms with Gasteiger partial charge in [0.25, 0.3) is 0 Å². The highest BCUT2D eigenvalue weighted by molar-refractivity contribution is 8.14. The molecule has 0 aromatic heterocycles. The molecule has 1 aliphatic heterocycles. The summed E-state index contributed by atoms with van der Waals surface area (Å²) in [5.41, 5.74) is 0. The van der Waals surface area contributed by atoms with Crippen LogP contribution in [0.2, 0.25) is 0 Å². The van der Waals surface area contributed by atoms with Gasteiger partial charge < -0.3 is 5.32 Å². The first-order valence-corrected chi connectivity index (χ1v) is 6.27. The van der Waals surface area contributed by atoms with Gasteiger partial charge in [-0.15, -0.1) is 0 Å². The molecule has 1 aliphatic rings. The van der Waals surface area contributed by atoms with E-state index in [0.717, 1.165) is 0 Å². The van der Waals surface area contributed by atoms with Crippen LogP contribution in [0.15, 0.2) is 0 Å². The number of ketones is 1. The average Bonchev–Trinajstić information content (AvgIpc) is 2.54. The largest absolute Gasteiger partial charge is 0.356 e. The van der Waals surface area contributed by atoms with Gasteiger partial charge in [-0.1, -0.05) is 11.8 Å². The Bertz CT molecular complexity index is 341. The van der Waals surface area contributed by atoms with Crippen molar-refractivity contribution < 1.29 is 14.4 Å². The van der Waals surface area contributed by atoms with Crippen molar-refractivity contribution in [3.63, 3.8) is 0 Å². The summed E-state index contributed by atoms with van der Waals surface area (Å²) in [5, 5.41) is 10.3. The van der Waals surface area contributed by atoms with Gasteiger partial charge in [-0.2, -0.15) is 0 Å². The number of rotatable bonds is 6. The highest BCUT2D eigenvalue weighted by Gasteiger charge is 2.25. The Balaban J connectivity index is 2.16. The van der Waals surface area contributed by atoms with Crippen LogP contribution >= 0.6 is 11.8 Å². The molecule has 17 heavy (non-hydrogen) atoms. The maximum atomic E-state index is 11.3. The molecular formula is C10H15N3O3S. The summed E-state index contributed by atoms with van der Waals surface area (Å²) in [6.45, 7) is 2.21. The summed E-state index contributed by atoms with van der Waals surface area (Å²) in [6.07, 6.45) is 0.479. The van der Waals surface area contributed by atoms with Gasteiger partial charge >= 0.3 is 0 Å². The van der Waals surface area contributed by atoms with Crippen LogP contribution in [0.4, 0.5) is 0 Å². The summed E-state index contributed by atoms with van der Waals surface area (Å²) < 4.78 is 0. The van der Waals surface area contributed by atoms with Crippen molar-refractivity contribution in [1.29, 1.82) is 5.41 Å². The van der Waals surface area contributed by atoms with E-state index in [1.807, 2.05) is 0 Å². The summed E-state index contributed by atoms with van der Waals surface area (Å²) in [6, 6.07) is 0. The van der Waals surface area contributed by atoms with E-state index in [-0.39, 0.29) is 29.2 Å². The first kappa shape index (κ1) is 13.7. The molecule has 7 heteroatoms. The van der Waals surface area contributed by atoms with Gasteiger partial charge in [0.15, 0.2) is 5.17 Å². The van der Waals surface area contributed by atoms with Crippen molar-refractivity contribution in [2.75, 3.05) is 18.8 Å². The van der Waals surface area contributed by atoms with Crippen molar-refractivity contribution in [1.82, 2.24) is 10.2 Å². The van der Waals surface area contributed by atoms with Gasteiger partial charge in [0.2, 0.25) is 11.8 Å². The topological polar surface area (TPSA) is 90.3 Å². The minimum absolute atomic E-state index is 0.0601. The summed E-state index contributed by atoms with van der Waals surface area (Å²) in [7, 11) is 0. The Labute approximate surface area is 104 Å². The van der Waals surface area contributed by atoms with E-state index in [1.54, 1.807) is 0 Å². The SMILES string of the molecule is CC(=O)CC(=O)NCCCN1C(=N)SCC1=O. The number of hydrogen-bond acceptors (Lipinski definition) is 5. The molecule has 0 aromatic rings. The maximum Gasteiger partial charge on any atom is 0.239 e. The molecule has 0 unspecified atom stereocenters. The minimum Gasteiger partial charge on any atom is -0.356 e. The predicted molar refractivity (Wildman–Crippen MR) is 64.8 cm³/mol. The summed E-state index contributed by atoms with van der Waals surface area (Å²) in [5.74, 6) is -0.199. The molecule has 1 heterocycles. The Morgan fingerprint density at radius 1 is 1.53 bits per heavy atom. The molecule has 0 aliphatic carbocycles. The van der Waals surface area contributed by atoms with Crippen molar-refractivity contribution in [3.05, 3.63) is 0 Å². The lowest BCUT2D eigenvalue weighted by Gasteiger charge is -2.14. The van der Waals surface area contributed by atoms with Gasteiger partial charge in [0.1, 0.15) is 5.78 Å². The molecule has 2 N–H and O–H groups in total. The lowest BCUT2D eigenvalue weighted by molar-refractivity contribution is -0.127. The van der Waals surface area contributed by atoms with Gasteiger partial charge in [-0.3, -0.25) is 24.7 Å². The third kappa shape index (κ3) is 4.56. The number of thioether (sulfide) groups is 1. The fourth-order valence-corrected chi connectivity index (χ4v) is 2.14. The summed E-state index contributed by atoms with van der Waals surface area (Å²) in [4.78, 5) is 34.5. The average molecular weight is 257 g/mol. The normalized spacial score (nSPS) is 15.2. The molecule has 0 saturated carbocycles. The number of amides is 2. The number of carbonyl (C=O) groups excluding carboxylic acids is 3. The predicted octanol–water partition coefficient (Wildman–Crippen LogP) is -0.0180. The molecule has 2 amide bonds. The van der Waals surface area contributed by atoms with E-state index >= 15 is 0 Å². The fourth-order valence-electron chi connectivity index (χ4n) is 1.38. The molecule has 0 bridgehead atoms. The Morgan fingerprint density at radius 3 is 2.76 bits per heavy atom. The highest BCUT2D eigenvalue weighted by Crippen LogP contribution is 2.17. The number of Topliss-reactive ketones (excluding diaryl/α,β-unsaturated/α-hetero) is 1. The van der Waals surface area contributed by atoms with E-state index in [1.165, 1.54) is 23.6 Å². The van der Waals surface area contributed by atoms with Crippen molar-refractivity contribution in [2.24, 2.45) is 0 Å². The van der Waals surface area contributed by atoms with Crippen LogP contribution in [0.3, 0.4) is 0 Å². The van der Waals surface area contributed by atoms with Crippen LogP contribution in [0.25, 0.3) is 0 Å². The number of carbonyl (C=O) groups is 3. The Kier molecular flexibility index (Phi) is 5.14. The second kappa shape index (κ2) is 6.39. The van der Waals surface area contributed by atoms with Gasteiger partial charge in [-0.25, -0.2) is 0 Å². The van der Waals surface area contributed by atoms with Crippen molar-refractivity contribution in [2.45, 2.75) is 19.8 Å². The highest BCUT2D eigenvalue weighted by atomic mass is 32.2. The fraction of sp³-hybridized carbons (Fsp3) is 0.600. The molecular weight excluding hydrogens is 242 g/mol. The second-order valence-electron chi connectivity index (χ2n) is 3.72. The van der Waals surface area contributed by atoms with E-state index in [0.29, 0.717) is 25.3 Å². The first-order valence-electron chi connectivity index (χ1n) is 5.28. The zero-order chi connectivity index (χ0) is 12.8. The number of nitrogens with one attached hydrogen (secondary N) is 2. The first-order chi connectivity index (χ1) is 8.00. The van der Waals surface area contributed by atoms with Crippen LogP contribution in [-0.4, -0.2) is 46.5 Å². The molecule has 0 radical (unpaired) electrons. The molecule has 6 nitrogen and oxygen atoms in total. The quantitative estimate of drug-likeness (QED) is 0.517. The third-order valence-electron chi connectivity index (χ3n) is 2.17. The zero-order valence-corrected chi connectivity index (χ0v) is 10.4. The Hall–Kier alpha value is -1.37. The van der Waals surface area contributed by atoms with E-state index in [2.05, 4.69) is 5.32 Å². The lowest BCUT2D eigenvalue weighted by Crippen LogP contribution is -2.33. The van der Waals surface area contributed by atoms with Crippen molar-refractivity contribution in [3.8, 4) is 0 Å². The smallest absolute Gasteiger partial charge is 0.239 e. The standard InChI is InChI=1S/C10H15N3O3S/c1-7(14)5-8(15)12-3-2-4-13-9(16)6-17-10(13)11/h11H,2-6H2,1H3,(H,12,15). The zero-order valence-electron chi connectivity index (χ0n) is 9.62. The molecule has 1 fully saturated rings. The molecule has 0 aromatic carbocycles. The minimum atomic E-state index is -0.297. The number of hydrogen-bond donors (Lipinski definition) is 2. The van der Waals surface area contributed by atoms with Crippen LogP contribution in [0.1, 0.15) is 19.8 Å². The lowest BCUT2D eigenvalue weighted by atomic mass is 10.3. The van der Waals surface area contributed by atoms with Gasteiger partial charge in [-0.05, 0) is 13.3 Å². The monoisotopic (exact) mass is 257 g/mol. The van der Waals surface area contributed by atoms with Crippen LogP contribution in [0.5, 0.6) is 0 Å². The van der Waals surface area contributed by atoms with Gasteiger partial charge in [0.05, 0.1) is 12.2 Å².